The molecule has 0 atom stereocenters. The van der Waals surface area contributed by atoms with Gasteiger partial charge < -0.3 is 10.2 Å². The summed E-state index contributed by atoms with van der Waals surface area (Å²) in [4.78, 5) is 2.40. The Morgan fingerprint density at radius 1 is 1.31 bits per heavy atom. The number of aryl methyl sites for hydroxylation is 1. The lowest BCUT2D eigenvalue weighted by molar-refractivity contribution is 0.264. The first-order valence-electron chi connectivity index (χ1n) is 5.86. The van der Waals surface area contributed by atoms with Gasteiger partial charge in [0.1, 0.15) is 0 Å². The van der Waals surface area contributed by atoms with Crippen LogP contribution in [0.25, 0.3) is 0 Å². The molecule has 1 aromatic carbocycles. The Bertz CT molecular complexity index is 357. The van der Waals surface area contributed by atoms with Gasteiger partial charge in [0.05, 0.1) is 0 Å². The zero-order valence-corrected chi connectivity index (χ0v) is 12.1. The molecular formula is C13H19IN2. The van der Waals surface area contributed by atoms with Gasteiger partial charge >= 0.3 is 0 Å². The number of hydrogen-bond donors (Lipinski definition) is 1. The third-order valence-electron chi connectivity index (χ3n) is 3.27. The van der Waals surface area contributed by atoms with Crippen molar-refractivity contribution in [2.45, 2.75) is 25.8 Å². The number of nitrogens with one attached hydrogen (secondary N) is 1. The van der Waals surface area contributed by atoms with E-state index in [0.717, 1.165) is 0 Å². The van der Waals surface area contributed by atoms with Crippen molar-refractivity contribution >= 4 is 28.3 Å². The van der Waals surface area contributed by atoms with E-state index in [-0.39, 0.29) is 0 Å². The summed E-state index contributed by atoms with van der Waals surface area (Å²) in [5.74, 6) is 0. The van der Waals surface area contributed by atoms with Crippen molar-refractivity contribution in [2.75, 3.05) is 25.5 Å². The van der Waals surface area contributed by atoms with Crippen LogP contribution in [0.3, 0.4) is 0 Å². The van der Waals surface area contributed by atoms with Crippen LogP contribution in [0.4, 0.5) is 5.69 Å². The van der Waals surface area contributed by atoms with Crippen LogP contribution >= 0.6 is 22.6 Å². The molecule has 2 nitrogen and oxygen atoms in total. The molecule has 1 fully saturated rings. The van der Waals surface area contributed by atoms with Crippen LogP contribution in [-0.4, -0.2) is 31.1 Å². The van der Waals surface area contributed by atoms with Gasteiger partial charge in [-0.15, -0.1) is 0 Å². The number of benzene rings is 1. The van der Waals surface area contributed by atoms with E-state index >= 15 is 0 Å². The number of hydrogen-bond acceptors (Lipinski definition) is 2. The number of nitrogens with zero attached hydrogens (tertiary/aromatic N) is 1. The molecule has 0 aromatic heterocycles. The average molecular weight is 330 g/mol. The maximum absolute atomic E-state index is 3.67. The van der Waals surface area contributed by atoms with Crippen LogP contribution in [0.15, 0.2) is 18.2 Å². The number of halogens is 1. The Kier molecular flexibility index (Phi) is 4.08. The van der Waals surface area contributed by atoms with Crippen LogP contribution < -0.4 is 5.32 Å². The minimum absolute atomic E-state index is 0.648. The van der Waals surface area contributed by atoms with Gasteiger partial charge in [-0.05, 0) is 86.3 Å². The van der Waals surface area contributed by atoms with Crippen molar-refractivity contribution in [1.29, 1.82) is 0 Å². The molecule has 0 spiro atoms. The van der Waals surface area contributed by atoms with Crippen molar-refractivity contribution < 1.29 is 0 Å². The van der Waals surface area contributed by atoms with Gasteiger partial charge in [0.2, 0.25) is 0 Å². The predicted molar refractivity (Wildman–Crippen MR) is 78.0 cm³/mol. The Balaban J connectivity index is 1.98. The maximum atomic E-state index is 3.67. The van der Waals surface area contributed by atoms with E-state index < -0.39 is 0 Å². The number of rotatable bonds is 2. The number of likely N-dealkylation sites (tertiary alicyclic amines) is 1. The van der Waals surface area contributed by atoms with Crippen LogP contribution in [0.2, 0.25) is 0 Å². The highest BCUT2D eigenvalue weighted by Crippen LogP contribution is 2.21. The summed E-state index contributed by atoms with van der Waals surface area (Å²) < 4.78 is 1.31. The molecule has 88 valence electrons. The van der Waals surface area contributed by atoms with Gasteiger partial charge in [-0.25, -0.2) is 0 Å². The second kappa shape index (κ2) is 5.36. The maximum Gasteiger partial charge on any atom is 0.0372 e. The molecule has 0 bridgehead atoms. The first kappa shape index (κ1) is 12.2. The van der Waals surface area contributed by atoms with Crippen molar-refractivity contribution in [1.82, 2.24) is 4.90 Å². The fourth-order valence-corrected chi connectivity index (χ4v) is 2.81. The number of piperidine rings is 1. The highest BCUT2D eigenvalue weighted by atomic mass is 127. The SMILES string of the molecule is Cc1cc(I)ccc1NC1CCN(C)CC1. The summed E-state index contributed by atoms with van der Waals surface area (Å²) in [6.45, 7) is 4.60. The molecule has 0 aliphatic carbocycles. The standard InChI is InChI=1S/C13H19IN2/c1-10-9-11(14)3-4-13(10)15-12-5-7-16(2)8-6-12/h3-4,9,12,15H,5-8H2,1-2H3. The third kappa shape index (κ3) is 3.10. The first-order chi connectivity index (χ1) is 7.65. The van der Waals surface area contributed by atoms with Crippen molar-refractivity contribution in [2.24, 2.45) is 0 Å². The van der Waals surface area contributed by atoms with Crippen LogP contribution in [-0.2, 0) is 0 Å². The number of anilines is 1. The van der Waals surface area contributed by atoms with Crippen molar-refractivity contribution in [3.63, 3.8) is 0 Å². The van der Waals surface area contributed by atoms with E-state index in [0.29, 0.717) is 6.04 Å². The lowest BCUT2D eigenvalue weighted by atomic mass is 10.0. The van der Waals surface area contributed by atoms with E-state index in [4.69, 9.17) is 0 Å². The van der Waals surface area contributed by atoms with Crippen molar-refractivity contribution in [3.8, 4) is 0 Å². The molecule has 1 saturated heterocycles. The molecule has 16 heavy (non-hydrogen) atoms. The minimum Gasteiger partial charge on any atom is -0.382 e. The molecule has 1 heterocycles. The smallest absolute Gasteiger partial charge is 0.0372 e. The summed E-state index contributed by atoms with van der Waals surface area (Å²) in [6, 6.07) is 7.26. The zero-order chi connectivity index (χ0) is 11.5. The van der Waals surface area contributed by atoms with E-state index in [9.17, 15) is 0 Å². The summed E-state index contributed by atoms with van der Waals surface area (Å²) in [5, 5.41) is 3.67. The van der Waals surface area contributed by atoms with Gasteiger partial charge in [0, 0.05) is 15.3 Å². The average Bonchev–Trinajstić information content (AvgIpc) is 2.25. The van der Waals surface area contributed by atoms with Crippen LogP contribution in [0.1, 0.15) is 18.4 Å². The van der Waals surface area contributed by atoms with Gasteiger partial charge in [-0.2, -0.15) is 0 Å². The molecular weight excluding hydrogens is 311 g/mol. The molecule has 0 radical (unpaired) electrons. The van der Waals surface area contributed by atoms with Gasteiger partial charge in [-0.3, -0.25) is 0 Å². The Labute approximate surface area is 112 Å². The fraction of sp³-hybridized carbons (Fsp3) is 0.538. The Hall–Kier alpha value is -0.290. The lowest BCUT2D eigenvalue weighted by Gasteiger charge is -2.30. The molecule has 1 aromatic rings. The third-order valence-corrected chi connectivity index (χ3v) is 3.94. The van der Waals surface area contributed by atoms with E-state index in [2.05, 4.69) is 65.0 Å². The Morgan fingerprint density at radius 2 is 2.00 bits per heavy atom. The van der Waals surface area contributed by atoms with E-state index in [1.54, 1.807) is 0 Å². The lowest BCUT2D eigenvalue weighted by Crippen LogP contribution is -2.36. The Morgan fingerprint density at radius 3 is 2.62 bits per heavy atom. The zero-order valence-electron chi connectivity index (χ0n) is 9.96. The normalized spacial score (nSPS) is 18.7. The van der Waals surface area contributed by atoms with E-state index in [1.165, 1.54) is 40.8 Å². The summed E-state index contributed by atoms with van der Waals surface area (Å²) in [5.41, 5.74) is 2.65. The highest BCUT2D eigenvalue weighted by Gasteiger charge is 2.16. The molecule has 1 aliphatic heterocycles. The van der Waals surface area contributed by atoms with Gasteiger partial charge in [0.15, 0.2) is 0 Å². The second-order valence-corrected chi connectivity index (χ2v) is 5.93. The molecule has 3 heteroatoms. The molecule has 0 unspecified atom stereocenters. The summed E-state index contributed by atoms with van der Waals surface area (Å²) in [6.07, 6.45) is 2.50. The van der Waals surface area contributed by atoms with Crippen molar-refractivity contribution in [3.05, 3.63) is 27.3 Å². The summed E-state index contributed by atoms with van der Waals surface area (Å²) in [7, 11) is 2.20. The second-order valence-electron chi connectivity index (χ2n) is 4.68. The molecule has 1 aliphatic rings. The fourth-order valence-electron chi connectivity index (χ4n) is 2.16. The van der Waals surface area contributed by atoms with E-state index in [1.807, 2.05) is 0 Å². The summed E-state index contributed by atoms with van der Waals surface area (Å²) >= 11 is 2.36. The predicted octanol–water partition coefficient (Wildman–Crippen LogP) is 3.11. The van der Waals surface area contributed by atoms with Crippen LogP contribution in [0, 0.1) is 10.5 Å². The van der Waals surface area contributed by atoms with Gasteiger partial charge in [0.25, 0.3) is 0 Å². The minimum atomic E-state index is 0.648. The quantitative estimate of drug-likeness (QED) is 0.839. The topological polar surface area (TPSA) is 15.3 Å². The molecule has 1 N–H and O–H groups in total. The monoisotopic (exact) mass is 330 g/mol. The molecule has 2 rings (SSSR count). The first-order valence-corrected chi connectivity index (χ1v) is 6.94. The van der Waals surface area contributed by atoms with Gasteiger partial charge in [-0.1, -0.05) is 0 Å². The molecule has 0 saturated carbocycles. The van der Waals surface area contributed by atoms with Crippen LogP contribution in [0.5, 0.6) is 0 Å². The largest absolute Gasteiger partial charge is 0.382 e. The highest BCUT2D eigenvalue weighted by molar-refractivity contribution is 14.1. The molecule has 0 amide bonds.